The van der Waals surface area contributed by atoms with Crippen LogP contribution in [-0.2, 0) is 9.53 Å². The molecule has 1 aliphatic rings. The first-order valence-corrected chi connectivity index (χ1v) is 7.54. The third-order valence-corrected chi connectivity index (χ3v) is 4.83. The summed E-state index contributed by atoms with van der Waals surface area (Å²) in [6.45, 7) is 4.94. The van der Waals surface area contributed by atoms with E-state index in [0.717, 1.165) is 10.4 Å². The van der Waals surface area contributed by atoms with Crippen molar-refractivity contribution in [2.45, 2.75) is 32.7 Å². The second kappa shape index (κ2) is 6.37. The van der Waals surface area contributed by atoms with Crippen LogP contribution in [0.3, 0.4) is 0 Å². The maximum atomic E-state index is 12.2. The Labute approximate surface area is 121 Å². The van der Waals surface area contributed by atoms with Gasteiger partial charge in [0.1, 0.15) is 6.04 Å². The number of hydrogen-bond donors (Lipinski definition) is 2. The van der Waals surface area contributed by atoms with E-state index < -0.39 is 12.0 Å². The van der Waals surface area contributed by atoms with Crippen molar-refractivity contribution in [2.24, 2.45) is 5.92 Å². The Bertz CT molecular complexity index is 505. The Kier molecular flexibility index (Phi) is 4.77. The highest BCUT2D eigenvalue weighted by molar-refractivity contribution is 7.10. The Morgan fingerprint density at radius 2 is 2.05 bits per heavy atom. The minimum atomic E-state index is -0.977. The number of carboxylic acids is 1. The second-order valence-corrected chi connectivity index (χ2v) is 6.15. The molecule has 2 N–H and O–H groups in total. The topological polar surface area (TPSA) is 75.6 Å². The number of carbonyl (C=O) groups excluding carboxylic acids is 1. The van der Waals surface area contributed by atoms with Gasteiger partial charge in [0.2, 0.25) is 0 Å². The van der Waals surface area contributed by atoms with Gasteiger partial charge in [-0.25, -0.2) is 4.79 Å². The Morgan fingerprint density at radius 1 is 1.40 bits per heavy atom. The summed E-state index contributed by atoms with van der Waals surface area (Å²) in [4.78, 5) is 24.7. The second-order valence-electron chi connectivity index (χ2n) is 5.07. The molecule has 0 radical (unpaired) electrons. The number of thiophene rings is 1. The number of ether oxygens (including phenoxy) is 1. The first-order chi connectivity index (χ1) is 9.50. The van der Waals surface area contributed by atoms with E-state index in [-0.39, 0.29) is 11.8 Å². The Balaban J connectivity index is 2.09. The molecule has 1 aliphatic heterocycles. The van der Waals surface area contributed by atoms with Gasteiger partial charge in [-0.15, -0.1) is 11.3 Å². The molecule has 20 heavy (non-hydrogen) atoms. The summed E-state index contributed by atoms with van der Waals surface area (Å²) in [6.07, 6.45) is 1.33. The highest BCUT2D eigenvalue weighted by atomic mass is 32.1. The third-order valence-electron chi connectivity index (χ3n) is 3.82. The summed E-state index contributed by atoms with van der Waals surface area (Å²) in [5.74, 6) is -1.34. The number of nitrogens with one attached hydrogen (secondary N) is 1. The molecule has 0 aliphatic carbocycles. The smallest absolute Gasteiger partial charge is 0.326 e. The normalized spacial score (nSPS) is 17.7. The third kappa shape index (κ3) is 3.19. The van der Waals surface area contributed by atoms with Crippen LogP contribution in [0.15, 0.2) is 5.38 Å². The quantitative estimate of drug-likeness (QED) is 0.891. The van der Waals surface area contributed by atoms with E-state index >= 15 is 0 Å². The van der Waals surface area contributed by atoms with Crippen LogP contribution >= 0.6 is 11.3 Å². The summed E-state index contributed by atoms with van der Waals surface area (Å²) in [6, 6.07) is -0.842. The fourth-order valence-electron chi connectivity index (χ4n) is 2.39. The minimum absolute atomic E-state index is 0.0646. The summed E-state index contributed by atoms with van der Waals surface area (Å²) < 4.78 is 5.24. The molecular weight excluding hydrogens is 278 g/mol. The molecule has 1 unspecified atom stereocenters. The van der Waals surface area contributed by atoms with Crippen molar-refractivity contribution < 1.29 is 19.4 Å². The SMILES string of the molecule is Cc1scc(C(=O)NC(C(=O)O)C2CCOCC2)c1C. The number of hydrogen-bond acceptors (Lipinski definition) is 4. The van der Waals surface area contributed by atoms with Crippen LogP contribution in [0, 0.1) is 19.8 Å². The van der Waals surface area contributed by atoms with Gasteiger partial charge >= 0.3 is 5.97 Å². The van der Waals surface area contributed by atoms with Crippen LogP contribution in [-0.4, -0.2) is 36.2 Å². The largest absolute Gasteiger partial charge is 0.480 e. The van der Waals surface area contributed by atoms with Crippen molar-refractivity contribution in [3.8, 4) is 0 Å². The zero-order chi connectivity index (χ0) is 14.7. The zero-order valence-corrected chi connectivity index (χ0v) is 12.5. The molecule has 0 bridgehead atoms. The Hall–Kier alpha value is -1.40. The van der Waals surface area contributed by atoms with Crippen LogP contribution in [0.1, 0.15) is 33.6 Å². The monoisotopic (exact) mass is 297 g/mol. The predicted octanol–water partition coefficient (Wildman–Crippen LogP) is 1.97. The zero-order valence-electron chi connectivity index (χ0n) is 11.6. The summed E-state index contributed by atoms with van der Waals surface area (Å²) in [5.41, 5.74) is 1.49. The molecule has 0 spiro atoms. The van der Waals surface area contributed by atoms with Gasteiger partial charge in [-0.3, -0.25) is 4.79 Å². The summed E-state index contributed by atoms with van der Waals surface area (Å²) >= 11 is 1.50. The van der Waals surface area contributed by atoms with Gasteiger partial charge in [-0.1, -0.05) is 0 Å². The van der Waals surface area contributed by atoms with Crippen molar-refractivity contribution in [2.75, 3.05) is 13.2 Å². The van der Waals surface area contributed by atoms with Crippen molar-refractivity contribution >= 4 is 23.2 Å². The lowest BCUT2D eigenvalue weighted by atomic mass is 9.91. The molecular formula is C14H19NO4S. The van der Waals surface area contributed by atoms with Crippen molar-refractivity contribution in [3.05, 3.63) is 21.4 Å². The fraction of sp³-hybridized carbons (Fsp3) is 0.571. The summed E-state index contributed by atoms with van der Waals surface area (Å²) in [5, 5.41) is 13.8. The van der Waals surface area contributed by atoms with E-state index in [1.165, 1.54) is 11.3 Å². The molecule has 1 saturated heterocycles. The number of amides is 1. The predicted molar refractivity (Wildman–Crippen MR) is 76.2 cm³/mol. The molecule has 1 amide bonds. The van der Waals surface area contributed by atoms with Gasteiger partial charge in [-0.05, 0) is 38.2 Å². The highest BCUT2D eigenvalue weighted by Gasteiger charge is 2.31. The number of rotatable bonds is 4. The van der Waals surface area contributed by atoms with Crippen LogP contribution in [0.25, 0.3) is 0 Å². The first-order valence-electron chi connectivity index (χ1n) is 6.66. The number of carboxylic acid groups (broad SMARTS) is 1. The fourth-order valence-corrected chi connectivity index (χ4v) is 3.25. The van der Waals surface area contributed by atoms with E-state index in [2.05, 4.69) is 5.32 Å². The minimum Gasteiger partial charge on any atom is -0.480 e. The molecule has 0 aromatic carbocycles. The van der Waals surface area contributed by atoms with Crippen LogP contribution in [0.5, 0.6) is 0 Å². The summed E-state index contributed by atoms with van der Waals surface area (Å²) in [7, 11) is 0. The van der Waals surface area contributed by atoms with Crippen LogP contribution in [0.2, 0.25) is 0 Å². The van der Waals surface area contributed by atoms with E-state index in [1.54, 1.807) is 5.38 Å². The molecule has 1 aromatic rings. The number of aliphatic carboxylic acids is 1. The van der Waals surface area contributed by atoms with Gasteiger partial charge in [0.25, 0.3) is 5.91 Å². The Morgan fingerprint density at radius 3 is 2.55 bits per heavy atom. The number of aryl methyl sites for hydroxylation is 1. The van der Waals surface area contributed by atoms with E-state index in [0.29, 0.717) is 31.6 Å². The average Bonchev–Trinajstić information content (AvgIpc) is 2.77. The van der Waals surface area contributed by atoms with Crippen molar-refractivity contribution in [1.29, 1.82) is 0 Å². The molecule has 1 fully saturated rings. The van der Waals surface area contributed by atoms with Gasteiger partial charge < -0.3 is 15.2 Å². The molecule has 110 valence electrons. The van der Waals surface area contributed by atoms with E-state index in [4.69, 9.17) is 4.74 Å². The molecule has 5 nitrogen and oxygen atoms in total. The number of carbonyl (C=O) groups is 2. The molecule has 6 heteroatoms. The van der Waals surface area contributed by atoms with Crippen molar-refractivity contribution in [1.82, 2.24) is 5.32 Å². The van der Waals surface area contributed by atoms with Gasteiger partial charge in [-0.2, -0.15) is 0 Å². The maximum absolute atomic E-state index is 12.2. The maximum Gasteiger partial charge on any atom is 0.326 e. The molecule has 0 saturated carbocycles. The highest BCUT2D eigenvalue weighted by Crippen LogP contribution is 2.22. The molecule has 2 rings (SSSR count). The van der Waals surface area contributed by atoms with Gasteiger partial charge in [0, 0.05) is 23.5 Å². The van der Waals surface area contributed by atoms with Crippen molar-refractivity contribution in [3.63, 3.8) is 0 Å². The first kappa shape index (κ1) is 15.0. The molecule has 1 atom stereocenters. The lowest BCUT2D eigenvalue weighted by Gasteiger charge is -2.28. The standard InChI is InChI=1S/C14H19NO4S/c1-8-9(2)20-7-11(8)13(16)15-12(14(17)18)10-3-5-19-6-4-10/h7,10,12H,3-6H2,1-2H3,(H,15,16)(H,17,18). The lowest BCUT2D eigenvalue weighted by Crippen LogP contribution is -2.47. The molecule has 2 heterocycles. The van der Waals surface area contributed by atoms with Gasteiger partial charge in [0.15, 0.2) is 0 Å². The van der Waals surface area contributed by atoms with E-state index in [1.807, 2.05) is 13.8 Å². The van der Waals surface area contributed by atoms with Gasteiger partial charge in [0.05, 0.1) is 5.56 Å². The molecule has 1 aromatic heterocycles. The lowest BCUT2D eigenvalue weighted by molar-refractivity contribution is -0.141. The van der Waals surface area contributed by atoms with E-state index in [9.17, 15) is 14.7 Å². The van der Waals surface area contributed by atoms with Crippen LogP contribution < -0.4 is 5.32 Å². The average molecular weight is 297 g/mol. The van der Waals surface area contributed by atoms with Crippen LogP contribution in [0.4, 0.5) is 0 Å².